The van der Waals surface area contributed by atoms with Crippen LogP contribution in [0.4, 0.5) is 0 Å². The topological polar surface area (TPSA) is 70.0 Å². The third kappa shape index (κ3) is 2.92. The van der Waals surface area contributed by atoms with Crippen molar-refractivity contribution in [3.63, 3.8) is 0 Å². The quantitative estimate of drug-likeness (QED) is 0.928. The first-order chi connectivity index (χ1) is 8.06. The molecule has 0 spiro atoms. The van der Waals surface area contributed by atoms with Gasteiger partial charge < -0.3 is 5.11 Å². The van der Waals surface area contributed by atoms with Crippen LogP contribution in [-0.2, 0) is 16.1 Å². The second-order valence-electron chi connectivity index (χ2n) is 3.53. The average molecular weight is 317 g/mol. The van der Waals surface area contributed by atoms with E-state index in [1.807, 2.05) is 11.4 Å². The Labute approximate surface area is 110 Å². The maximum atomic E-state index is 11.6. The molecule has 1 aromatic rings. The van der Waals surface area contributed by atoms with Gasteiger partial charge in [0.25, 0.3) is 0 Å². The van der Waals surface area contributed by atoms with E-state index in [1.54, 1.807) is 0 Å². The van der Waals surface area contributed by atoms with Crippen LogP contribution in [0.3, 0.4) is 0 Å². The number of carboxylic acids is 1. The first kappa shape index (κ1) is 12.3. The smallest absolute Gasteiger partial charge is 0.352 e. The van der Waals surface area contributed by atoms with Crippen molar-refractivity contribution >= 4 is 44.9 Å². The number of hydrogen-bond acceptors (Lipinski definition) is 4. The molecule has 1 aliphatic heterocycles. The van der Waals surface area contributed by atoms with Crippen LogP contribution < -0.4 is 0 Å². The molecular weight excluding hydrogens is 308 g/mol. The summed E-state index contributed by atoms with van der Waals surface area (Å²) in [6.45, 7) is 0.325. The number of nitrogens with zero attached hydrogens (tertiary/aromatic N) is 2. The molecule has 0 atom stereocenters. The molecule has 1 amide bonds. The van der Waals surface area contributed by atoms with Crippen molar-refractivity contribution in [2.45, 2.75) is 19.4 Å². The number of carbonyl (C=O) groups is 2. The molecule has 2 rings (SSSR count). The Balaban J connectivity index is 2.15. The number of halogens is 1. The Morgan fingerprint density at radius 1 is 1.59 bits per heavy atom. The molecule has 2 heterocycles. The van der Waals surface area contributed by atoms with Gasteiger partial charge in [-0.3, -0.25) is 4.79 Å². The Bertz CT molecular complexity index is 497. The molecular formula is C10H9BrN2O3S. The molecule has 17 heavy (non-hydrogen) atoms. The summed E-state index contributed by atoms with van der Waals surface area (Å²) in [5, 5.41) is 15.8. The van der Waals surface area contributed by atoms with Gasteiger partial charge in [0.15, 0.2) is 0 Å². The van der Waals surface area contributed by atoms with Crippen LogP contribution in [0.1, 0.15) is 17.7 Å². The molecule has 0 saturated carbocycles. The zero-order valence-electron chi connectivity index (χ0n) is 8.72. The number of carbonyl (C=O) groups excluding carboxylic acids is 1. The van der Waals surface area contributed by atoms with Crippen molar-refractivity contribution in [2.24, 2.45) is 5.10 Å². The summed E-state index contributed by atoms with van der Waals surface area (Å²) >= 11 is 4.82. The van der Waals surface area contributed by atoms with E-state index in [9.17, 15) is 9.59 Å². The molecule has 0 unspecified atom stereocenters. The molecule has 5 nitrogen and oxygen atoms in total. The van der Waals surface area contributed by atoms with Gasteiger partial charge in [-0.05, 0) is 22.0 Å². The van der Waals surface area contributed by atoms with E-state index in [0.717, 1.165) is 9.35 Å². The predicted molar refractivity (Wildman–Crippen MR) is 66.9 cm³/mol. The van der Waals surface area contributed by atoms with E-state index in [1.165, 1.54) is 16.3 Å². The maximum Gasteiger partial charge on any atom is 0.352 e. The third-order valence-corrected chi connectivity index (χ3v) is 3.96. The number of amides is 1. The minimum absolute atomic E-state index is 0.0419. The van der Waals surface area contributed by atoms with Gasteiger partial charge in [-0.15, -0.1) is 11.3 Å². The van der Waals surface area contributed by atoms with Crippen molar-refractivity contribution in [2.75, 3.05) is 0 Å². The SMILES string of the molecule is O=C(O)C1=NN(Cc2cc(Br)cs2)C(=O)CC1. The third-order valence-electron chi connectivity index (χ3n) is 2.28. The van der Waals surface area contributed by atoms with Crippen LogP contribution in [0.2, 0.25) is 0 Å². The second kappa shape index (κ2) is 4.97. The minimum Gasteiger partial charge on any atom is -0.477 e. The highest BCUT2D eigenvalue weighted by molar-refractivity contribution is 9.10. The van der Waals surface area contributed by atoms with Gasteiger partial charge in [0, 0.05) is 27.6 Å². The fraction of sp³-hybridized carbons (Fsp3) is 0.300. The van der Waals surface area contributed by atoms with Gasteiger partial charge in [0.05, 0.1) is 6.54 Å². The lowest BCUT2D eigenvalue weighted by Crippen LogP contribution is -2.33. The van der Waals surface area contributed by atoms with Crippen molar-refractivity contribution in [1.82, 2.24) is 5.01 Å². The number of rotatable bonds is 3. The van der Waals surface area contributed by atoms with Crippen LogP contribution in [0.25, 0.3) is 0 Å². The van der Waals surface area contributed by atoms with Crippen LogP contribution in [-0.4, -0.2) is 27.7 Å². The average Bonchev–Trinajstić information content (AvgIpc) is 2.67. The molecule has 0 fully saturated rings. The lowest BCUT2D eigenvalue weighted by molar-refractivity contribution is -0.133. The maximum absolute atomic E-state index is 11.6. The van der Waals surface area contributed by atoms with Crippen LogP contribution >= 0.6 is 27.3 Å². The van der Waals surface area contributed by atoms with E-state index in [0.29, 0.717) is 6.54 Å². The molecule has 0 aliphatic carbocycles. The zero-order chi connectivity index (χ0) is 12.4. The minimum atomic E-state index is -1.06. The molecule has 1 aromatic heterocycles. The van der Waals surface area contributed by atoms with E-state index >= 15 is 0 Å². The molecule has 0 bridgehead atoms. The van der Waals surface area contributed by atoms with E-state index in [2.05, 4.69) is 21.0 Å². The van der Waals surface area contributed by atoms with Gasteiger partial charge in [0.1, 0.15) is 5.71 Å². The zero-order valence-corrected chi connectivity index (χ0v) is 11.1. The Hall–Kier alpha value is -1.21. The van der Waals surface area contributed by atoms with Gasteiger partial charge >= 0.3 is 5.97 Å². The largest absolute Gasteiger partial charge is 0.477 e. The Kier molecular flexibility index (Phi) is 3.58. The van der Waals surface area contributed by atoms with Crippen molar-refractivity contribution in [3.8, 4) is 0 Å². The highest BCUT2D eigenvalue weighted by atomic mass is 79.9. The highest BCUT2D eigenvalue weighted by Gasteiger charge is 2.24. The molecule has 0 saturated heterocycles. The van der Waals surface area contributed by atoms with Crippen LogP contribution in [0, 0.1) is 0 Å². The summed E-state index contributed by atoms with van der Waals surface area (Å²) in [5.74, 6) is -1.20. The number of hydrazone groups is 1. The lowest BCUT2D eigenvalue weighted by atomic mass is 10.2. The summed E-state index contributed by atoms with van der Waals surface area (Å²) < 4.78 is 0.949. The van der Waals surface area contributed by atoms with Crippen LogP contribution in [0.5, 0.6) is 0 Å². The Morgan fingerprint density at radius 2 is 2.35 bits per heavy atom. The monoisotopic (exact) mass is 316 g/mol. The fourth-order valence-electron chi connectivity index (χ4n) is 1.46. The van der Waals surface area contributed by atoms with Crippen molar-refractivity contribution in [1.29, 1.82) is 0 Å². The number of hydrogen-bond donors (Lipinski definition) is 1. The first-order valence-electron chi connectivity index (χ1n) is 4.90. The highest BCUT2D eigenvalue weighted by Crippen LogP contribution is 2.22. The van der Waals surface area contributed by atoms with E-state index < -0.39 is 5.97 Å². The van der Waals surface area contributed by atoms with Crippen molar-refractivity contribution < 1.29 is 14.7 Å². The summed E-state index contributed by atoms with van der Waals surface area (Å²) in [6.07, 6.45) is 0.413. The van der Waals surface area contributed by atoms with Gasteiger partial charge in [-0.2, -0.15) is 5.10 Å². The predicted octanol–water partition coefficient (Wildman–Crippen LogP) is 2.07. The molecule has 0 radical (unpaired) electrons. The number of carboxylic acid groups (broad SMARTS) is 1. The van der Waals surface area contributed by atoms with Gasteiger partial charge in [0.2, 0.25) is 5.91 Å². The second-order valence-corrected chi connectivity index (χ2v) is 5.45. The standard InChI is InChI=1S/C10H9BrN2O3S/c11-6-3-7(17-5-6)4-13-9(14)2-1-8(12-13)10(15)16/h3,5H,1-2,4H2,(H,15,16). The summed E-state index contributed by atoms with van der Waals surface area (Å²) in [4.78, 5) is 23.3. The van der Waals surface area contributed by atoms with Gasteiger partial charge in [-0.25, -0.2) is 9.80 Å². The molecule has 7 heteroatoms. The normalized spacial score (nSPS) is 15.9. The molecule has 1 N–H and O–H groups in total. The Morgan fingerprint density at radius 3 is 2.94 bits per heavy atom. The van der Waals surface area contributed by atoms with E-state index in [4.69, 9.17) is 5.11 Å². The van der Waals surface area contributed by atoms with Crippen LogP contribution in [0.15, 0.2) is 21.0 Å². The number of thiophene rings is 1. The molecule has 1 aliphatic rings. The fourth-order valence-corrected chi connectivity index (χ4v) is 2.90. The molecule has 0 aromatic carbocycles. The van der Waals surface area contributed by atoms with E-state index in [-0.39, 0.29) is 24.5 Å². The first-order valence-corrected chi connectivity index (χ1v) is 6.57. The lowest BCUT2D eigenvalue weighted by Gasteiger charge is -2.21. The summed E-state index contributed by atoms with van der Waals surface area (Å²) in [6, 6.07) is 1.89. The van der Waals surface area contributed by atoms with Gasteiger partial charge in [-0.1, -0.05) is 0 Å². The number of aliphatic carboxylic acids is 1. The molecule has 90 valence electrons. The summed E-state index contributed by atoms with van der Waals surface area (Å²) in [7, 11) is 0. The summed E-state index contributed by atoms with van der Waals surface area (Å²) in [5.41, 5.74) is 0.0419. The van der Waals surface area contributed by atoms with Crippen molar-refractivity contribution in [3.05, 3.63) is 20.8 Å².